The summed E-state index contributed by atoms with van der Waals surface area (Å²) in [5.41, 5.74) is 0. The number of nitrogens with zero attached hydrogens (tertiary/aromatic N) is 1. The van der Waals surface area contributed by atoms with Gasteiger partial charge < -0.3 is 5.32 Å². The van der Waals surface area contributed by atoms with Crippen molar-refractivity contribution in [2.75, 3.05) is 12.3 Å². The molecule has 0 atom stereocenters. The Morgan fingerprint density at radius 2 is 2.06 bits per heavy atom. The zero-order valence-electron chi connectivity index (χ0n) is 10.7. The van der Waals surface area contributed by atoms with Crippen molar-refractivity contribution in [1.29, 1.82) is 0 Å². The Labute approximate surface area is 119 Å². The lowest BCUT2D eigenvalue weighted by Crippen LogP contribution is -2.30. The lowest BCUT2D eigenvalue weighted by molar-refractivity contribution is 0.474. The largest absolute Gasteiger partial charge is 0.313 e. The molecule has 1 aromatic rings. The van der Waals surface area contributed by atoms with Crippen molar-refractivity contribution in [3.63, 3.8) is 0 Å². The third-order valence-corrected chi connectivity index (χ3v) is 4.78. The summed E-state index contributed by atoms with van der Waals surface area (Å²) < 4.78 is 0. The average Bonchev–Trinajstić information content (AvgIpc) is 2.65. The third kappa shape index (κ3) is 4.79. The van der Waals surface area contributed by atoms with Crippen molar-refractivity contribution in [3.8, 4) is 0 Å². The molecule has 1 N–H and O–H groups in total. The van der Waals surface area contributed by atoms with Gasteiger partial charge in [0.1, 0.15) is 5.03 Å². The first kappa shape index (κ1) is 14.2. The quantitative estimate of drug-likeness (QED) is 0.500. The van der Waals surface area contributed by atoms with Crippen molar-refractivity contribution in [3.05, 3.63) is 23.4 Å². The van der Waals surface area contributed by atoms with Gasteiger partial charge in [-0.2, -0.15) is 0 Å². The number of halogens is 1. The van der Waals surface area contributed by atoms with Crippen LogP contribution in [0.2, 0.25) is 5.02 Å². The number of hydrogen-bond donors (Lipinski definition) is 1. The van der Waals surface area contributed by atoms with Crippen LogP contribution in [0, 0.1) is 0 Å². The van der Waals surface area contributed by atoms with E-state index in [-0.39, 0.29) is 0 Å². The van der Waals surface area contributed by atoms with Crippen LogP contribution in [0.25, 0.3) is 0 Å². The van der Waals surface area contributed by atoms with Crippen LogP contribution >= 0.6 is 23.4 Å². The van der Waals surface area contributed by atoms with Gasteiger partial charge >= 0.3 is 0 Å². The molecule has 1 aliphatic rings. The lowest BCUT2D eigenvalue weighted by Gasteiger charge is -2.15. The van der Waals surface area contributed by atoms with Gasteiger partial charge in [0, 0.05) is 24.5 Å². The third-order valence-electron chi connectivity index (χ3n) is 3.35. The van der Waals surface area contributed by atoms with E-state index in [9.17, 15) is 0 Å². The Morgan fingerprint density at radius 3 is 2.78 bits per heavy atom. The molecule has 1 saturated carbocycles. The molecule has 1 aromatic heterocycles. The number of thioether (sulfide) groups is 1. The Bertz CT molecular complexity index is 351. The smallest absolute Gasteiger partial charge is 0.115 e. The summed E-state index contributed by atoms with van der Waals surface area (Å²) in [7, 11) is 0. The highest BCUT2D eigenvalue weighted by molar-refractivity contribution is 7.99. The van der Waals surface area contributed by atoms with Crippen molar-refractivity contribution < 1.29 is 0 Å². The molecule has 0 spiro atoms. The van der Waals surface area contributed by atoms with Gasteiger partial charge in [0.05, 0.1) is 5.02 Å². The van der Waals surface area contributed by atoms with Crippen LogP contribution in [0.15, 0.2) is 23.4 Å². The van der Waals surface area contributed by atoms with E-state index in [0.717, 1.165) is 28.4 Å². The van der Waals surface area contributed by atoms with Gasteiger partial charge in [-0.05, 0) is 25.0 Å². The van der Waals surface area contributed by atoms with Crippen LogP contribution in [-0.4, -0.2) is 23.3 Å². The molecule has 1 heterocycles. The second-order valence-electron chi connectivity index (χ2n) is 4.78. The molecule has 4 heteroatoms. The fourth-order valence-electron chi connectivity index (χ4n) is 2.37. The second-order valence-corrected chi connectivity index (χ2v) is 6.27. The molecule has 1 fully saturated rings. The molecule has 2 nitrogen and oxygen atoms in total. The highest BCUT2D eigenvalue weighted by Crippen LogP contribution is 2.23. The van der Waals surface area contributed by atoms with E-state index in [2.05, 4.69) is 10.3 Å². The molecule has 0 amide bonds. The first-order valence-corrected chi connectivity index (χ1v) is 8.19. The highest BCUT2D eigenvalue weighted by atomic mass is 35.5. The van der Waals surface area contributed by atoms with Crippen LogP contribution < -0.4 is 5.32 Å². The predicted molar refractivity (Wildman–Crippen MR) is 79.5 cm³/mol. The monoisotopic (exact) mass is 284 g/mol. The Kier molecular flexibility index (Phi) is 6.32. The van der Waals surface area contributed by atoms with Gasteiger partial charge in [0.2, 0.25) is 0 Å². The maximum atomic E-state index is 6.07. The first-order chi connectivity index (χ1) is 8.86. The van der Waals surface area contributed by atoms with Crippen LogP contribution in [0.3, 0.4) is 0 Å². The van der Waals surface area contributed by atoms with E-state index in [4.69, 9.17) is 11.6 Å². The molecule has 2 rings (SSSR count). The van der Waals surface area contributed by atoms with Crippen LogP contribution in [-0.2, 0) is 0 Å². The summed E-state index contributed by atoms with van der Waals surface area (Å²) in [6.07, 6.45) is 10.1. The van der Waals surface area contributed by atoms with Gasteiger partial charge in [0.15, 0.2) is 0 Å². The average molecular weight is 285 g/mol. The second kappa shape index (κ2) is 8.03. The Morgan fingerprint density at radius 1 is 1.28 bits per heavy atom. The summed E-state index contributed by atoms with van der Waals surface area (Å²) in [5, 5.41) is 5.37. The fraction of sp³-hybridized carbons (Fsp3) is 0.643. The molecule has 0 aliphatic heterocycles. The molecule has 0 radical (unpaired) electrons. The van der Waals surface area contributed by atoms with E-state index in [0.29, 0.717) is 0 Å². The molecule has 1 aliphatic carbocycles. The Hall–Kier alpha value is -0.250. The first-order valence-electron chi connectivity index (χ1n) is 6.83. The molecular weight excluding hydrogens is 264 g/mol. The Balaban J connectivity index is 1.65. The SMILES string of the molecule is Clc1cccnc1SCCNC1CCCCCC1. The fourth-order valence-corrected chi connectivity index (χ4v) is 3.41. The van der Waals surface area contributed by atoms with Gasteiger partial charge in [-0.1, -0.05) is 37.3 Å². The molecule has 0 bridgehead atoms. The minimum Gasteiger partial charge on any atom is -0.313 e. The molecule has 0 unspecified atom stereocenters. The summed E-state index contributed by atoms with van der Waals surface area (Å²) in [5.74, 6) is 1.03. The van der Waals surface area contributed by atoms with E-state index >= 15 is 0 Å². The number of hydrogen-bond acceptors (Lipinski definition) is 3. The maximum absolute atomic E-state index is 6.07. The summed E-state index contributed by atoms with van der Waals surface area (Å²) >= 11 is 7.80. The maximum Gasteiger partial charge on any atom is 0.115 e. The van der Waals surface area contributed by atoms with E-state index in [1.54, 1.807) is 18.0 Å². The molecule has 18 heavy (non-hydrogen) atoms. The number of nitrogens with one attached hydrogen (secondary N) is 1. The van der Waals surface area contributed by atoms with Crippen molar-refractivity contribution in [2.24, 2.45) is 0 Å². The minimum absolute atomic E-state index is 0.729. The predicted octanol–water partition coefficient (Wildman–Crippen LogP) is 4.14. The molecule has 0 aromatic carbocycles. The van der Waals surface area contributed by atoms with Crippen molar-refractivity contribution in [1.82, 2.24) is 10.3 Å². The summed E-state index contributed by atoms with van der Waals surface area (Å²) in [6, 6.07) is 4.50. The zero-order chi connectivity index (χ0) is 12.6. The highest BCUT2D eigenvalue weighted by Gasteiger charge is 2.11. The summed E-state index contributed by atoms with van der Waals surface area (Å²) in [4.78, 5) is 4.28. The van der Waals surface area contributed by atoms with Crippen molar-refractivity contribution >= 4 is 23.4 Å². The van der Waals surface area contributed by atoms with Crippen molar-refractivity contribution in [2.45, 2.75) is 49.6 Å². The zero-order valence-corrected chi connectivity index (χ0v) is 12.3. The molecule has 100 valence electrons. The number of rotatable bonds is 5. The normalized spacial score (nSPS) is 17.6. The lowest BCUT2D eigenvalue weighted by atomic mass is 10.1. The molecular formula is C14H21ClN2S. The molecule has 0 saturated heterocycles. The van der Waals surface area contributed by atoms with Gasteiger partial charge in [0.25, 0.3) is 0 Å². The minimum atomic E-state index is 0.729. The summed E-state index contributed by atoms with van der Waals surface area (Å²) in [6.45, 7) is 1.04. The van der Waals surface area contributed by atoms with E-state index < -0.39 is 0 Å². The van der Waals surface area contributed by atoms with Crippen LogP contribution in [0.4, 0.5) is 0 Å². The number of aromatic nitrogens is 1. The van der Waals surface area contributed by atoms with Gasteiger partial charge in [-0.25, -0.2) is 4.98 Å². The van der Waals surface area contributed by atoms with Crippen LogP contribution in [0.1, 0.15) is 38.5 Å². The van der Waals surface area contributed by atoms with E-state index in [1.165, 1.54) is 38.5 Å². The topological polar surface area (TPSA) is 24.9 Å². The standard InChI is InChI=1S/C14H21ClN2S/c15-13-8-5-9-17-14(13)18-11-10-16-12-6-3-1-2-4-7-12/h5,8-9,12,16H,1-4,6-7,10-11H2. The van der Waals surface area contributed by atoms with Gasteiger partial charge in [-0.3, -0.25) is 0 Å². The number of pyridine rings is 1. The van der Waals surface area contributed by atoms with Gasteiger partial charge in [-0.15, -0.1) is 11.8 Å². The van der Waals surface area contributed by atoms with Crippen LogP contribution in [0.5, 0.6) is 0 Å². The van der Waals surface area contributed by atoms with E-state index in [1.807, 2.05) is 12.1 Å².